The number of carbonyl (C=O) groups excluding carboxylic acids is 2. The van der Waals surface area contributed by atoms with E-state index >= 15 is 0 Å². The van der Waals surface area contributed by atoms with Crippen LogP contribution in [-0.4, -0.2) is 74.9 Å². The van der Waals surface area contributed by atoms with Crippen molar-refractivity contribution >= 4 is 21.8 Å². The van der Waals surface area contributed by atoms with Crippen molar-refractivity contribution in [1.29, 1.82) is 0 Å². The highest BCUT2D eigenvalue weighted by molar-refractivity contribution is 7.93. The minimum absolute atomic E-state index is 0.00801. The smallest absolute Gasteiger partial charge is 0.327 e. The molecule has 168 valence electrons. The highest BCUT2D eigenvalue weighted by Crippen LogP contribution is 2.37. The predicted octanol–water partition coefficient (Wildman–Crippen LogP) is 2.09. The van der Waals surface area contributed by atoms with Gasteiger partial charge >= 0.3 is 12.0 Å². The van der Waals surface area contributed by atoms with E-state index in [1.165, 1.54) is 19.2 Å². The molecule has 0 saturated carbocycles. The van der Waals surface area contributed by atoms with Crippen LogP contribution in [0.5, 0.6) is 5.75 Å². The molecule has 0 unspecified atom stereocenters. The maximum atomic E-state index is 13.5. The molecule has 8 nitrogen and oxygen atoms in total. The van der Waals surface area contributed by atoms with Crippen LogP contribution in [-0.2, 0) is 19.4 Å². The monoisotopic (exact) mass is 448 g/mol. The van der Waals surface area contributed by atoms with Crippen LogP contribution >= 0.6 is 0 Å². The molecule has 2 saturated heterocycles. The zero-order chi connectivity index (χ0) is 22.5. The number of hydrogen-bond acceptors (Lipinski definition) is 6. The average molecular weight is 449 g/mol. The molecule has 0 N–H and O–H groups in total. The number of sulfone groups is 1. The number of carbonyl (C=O) groups is 2. The van der Waals surface area contributed by atoms with Gasteiger partial charge in [-0.2, -0.15) is 0 Å². The van der Waals surface area contributed by atoms with E-state index in [0.717, 1.165) is 12.8 Å². The zero-order valence-corrected chi connectivity index (χ0v) is 18.7. The lowest BCUT2D eigenvalue weighted by Gasteiger charge is -2.40. The van der Waals surface area contributed by atoms with Crippen molar-refractivity contribution < 1.29 is 27.5 Å². The van der Waals surface area contributed by atoms with E-state index in [1.54, 1.807) is 28.9 Å². The average Bonchev–Trinajstić information content (AvgIpc) is 3.33. The van der Waals surface area contributed by atoms with Crippen molar-refractivity contribution in [3.63, 3.8) is 0 Å². The molecule has 0 spiro atoms. The van der Waals surface area contributed by atoms with Gasteiger partial charge in [-0.25, -0.2) is 13.2 Å². The van der Waals surface area contributed by atoms with Gasteiger partial charge in [-0.3, -0.25) is 4.79 Å². The Balaban J connectivity index is 1.80. The summed E-state index contributed by atoms with van der Waals surface area (Å²) in [7, 11) is -2.87. The topological polar surface area (TPSA) is 93.2 Å². The molecular weight excluding hydrogens is 420 g/mol. The number of nitrogens with zero attached hydrogens (tertiary/aromatic N) is 2. The van der Waals surface area contributed by atoms with Gasteiger partial charge in [0.15, 0.2) is 14.6 Å². The van der Waals surface area contributed by atoms with Crippen molar-refractivity contribution in [3.8, 4) is 17.6 Å². The van der Waals surface area contributed by atoms with Crippen LogP contribution in [0.15, 0.2) is 29.2 Å². The highest BCUT2D eigenvalue weighted by atomic mass is 32.2. The standard InChI is InChI=1S/C22H28N2O6S/c1-3-4-17-30-18-7-9-19(10-8-18)31(27,28)22(20(25)29-2)11-15-24(16-12-22)21(26)23-13-5-6-14-23/h7-10H,5-6,11-17H2,1-2H3. The number of rotatable bonds is 5. The summed E-state index contributed by atoms with van der Waals surface area (Å²) >= 11 is 0. The van der Waals surface area contributed by atoms with E-state index < -0.39 is 20.6 Å². The van der Waals surface area contributed by atoms with Crippen molar-refractivity contribution in [1.82, 2.24) is 9.80 Å². The summed E-state index contributed by atoms with van der Waals surface area (Å²) < 4.78 is 35.7. The van der Waals surface area contributed by atoms with Gasteiger partial charge in [0.05, 0.1) is 12.0 Å². The molecule has 9 heteroatoms. The second kappa shape index (κ2) is 9.60. The first-order valence-electron chi connectivity index (χ1n) is 10.3. The lowest BCUT2D eigenvalue weighted by molar-refractivity contribution is -0.145. The molecule has 0 aromatic heterocycles. The summed E-state index contributed by atoms with van der Waals surface area (Å²) in [4.78, 5) is 28.8. The predicted molar refractivity (Wildman–Crippen MR) is 114 cm³/mol. The fraction of sp³-hybridized carbons (Fsp3) is 0.545. The van der Waals surface area contributed by atoms with Crippen LogP contribution in [0.3, 0.4) is 0 Å². The Kier molecular flexibility index (Phi) is 7.11. The second-order valence-electron chi connectivity index (χ2n) is 7.64. The van der Waals surface area contributed by atoms with E-state index in [9.17, 15) is 18.0 Å². The fourth-order valence-electron chi connectivity index (χ4n) is 4.07. The molecule has 1 aromatic rings. The molecule has 2 amide bonds. The zero-order valence-electron chi connectivity index (χ0n) is 17.9. The second-order valence-corrected chi connectivity index (χ2v) is 9.90. The summed E-state index contributed by atoms with van der Waals surface area (Å²) in [6, 6.07) is 5.85. The third kappa shape index (κ3) is 4.49. The number of piperidine rings is 1. The van der Waals surface area contributed by atoms with Crippen molar-refractivity contribution in [2.45, 2.75) is 42.2 Å². The molecule has 2 aliphatic rings. The molecule has 0 aliphatic carbocycles. The molecule has 0 bridgehead atoms. The molecule has 2 heterocycles. The van der Waals surface area contributed by atoms with Gasteiger partial charge in [0.25, 0.3) is 0 Å². The summed E-state index contributed by atoms with van der Waals surface area (Å²) in [5.41, 5.74) is 0. The third-order valence-electron chi connectivity index (χ3n) is 5.91. The number of ether oxygens (including phenoxy) is 2. The van der Waals surface area contributed by atoms with Crippen LogP contribution in [0.2, 0.25) is 0 Å². The van der Waals surface area contributed by atoms with Gasteiger partial charge in [0, 0.05) is 26.2 Å². The number of urea groups is 1. The van der Waals surface area contributed by atoms with Crippen LogP contribution < -0.4 is 4.74 Å². The summed E-state index contributed by atoms with van der Waals surface area (Å²) in [5.74, 6) is 5.18. The van der Waals surface area contributed by atoms with Gasteiger partial charge < -0.3 is 19.3 Å². The maximum Gasteiger partial charge on any atom is 0.327 e. The molecule has 3 rings (SSSR count). The Labute approximate surface area is 183 Å². The molecule has 2 aliphatic heterocycles. The Hall–Kier alpha value is -2.73. The summed E-state index contributed by atoms with van der Waals surface area (Å²) in [6.07, 6.45) is 1.94. The normalized spacial score (nSPS) is 18.1. The van der Waals surface area contributed by atoms with Crippen LogP contribution in [0.4, 0.5) is 4.79 Å². The molecule has 2 fully saturated rings. The van der Waals surface area contributed by atoms with E-state index in [2.05, 4.69) is 11.8 Å². The Morgan fingerprint density at radius 2 is 1.61 bits per heavy atom. The fourth-order valence-corrected chi connectivity index (χ4v) is 6.04. The number of benzene rings is 1. The third-order valence-corrected chi connectivity index (χ3v) is 8.41. The molecule has 0 radical (unpaired) electrons. The number of hydrogen-bond donors (Lipinski definition) is 0. The quantitative estimate of drug-likeness (QED) is 0.506. The first-order chi connectivity index (χ1) is 14.9. The molecule has 31 heavy (non-hydrogen) atoms. The summed E-state index contributed by atoms with van der Waals surface area (Å²) in [6.45, 7) is 3.70. The molecule has 1 aromatic carbocycles. The number of esters is 1. The minimum Gasteiger partial charge on any atom is -0.481 e. The number of likely N-dealkylation sites (tertiary alicyclic amines) is 2. The van der Waals surface area contributed by atoms with Gasteiger partial charge in [-0.1, -0.05) is 5.92 Å². The van der Waals surface area contributed by atoms with Crippen molar-refractivity contribution in [2.75, 3.05) is 39.9 Å². The number of methoxy groups -OCH3 is 1. The first-order valence-corrected chi connectivity index (χ1v) is 11.8. The van der Waals surface area contributed by atoms with E-state index in [1.807, 2.05) is 0 Å². The van der Waals surface area contributed by atoms with Crippen LogP contribution in [0.25, 0.3) is 0 Å². The van der Waals surface area contributed by atoms with Gasteiger partial charge in [-0.15, -0.1) is 5.92 Å². The van der Waals surface area contributed by atoms with Gasteiger partial charge in [0.2, 0.25) is 0 Å². The lowest BCUT2D eigenvalue weighted by Crippen LogP contribution is -2.57. The van der Waals surface area contributed by atoms with Crippen molar-refractivity contribution in [3.05, 3.63) is 24.3 Å². The Morgan fingerprint density at radius 1 is 1.03 bits per heavy atom. The van der Waals surface area contributed by atoms with E-state index in [4.69, 9.17) is 9.47 Å². The van der Waals surface area contributed by atoms with Gasteiger partial charge in [-0.05, 0) is 56.9 Å². The van der Waals surface area contributed by atoms with Gasteiger partial charge in [0.1, 0.15) is 12.4 Å². The lowest BCUT2D eigenvalue weighted by atomic mass is 9.96. The highest BCUT2D eigenvalue weighted by Gasteiger charge is 2.54. The minimum atomic E-state index is -4.05. The van der Waals surface area contributed by atoms with Crippen molar-refractivity contribution in [2.24, 2.45) is 0 Å². The maximum absolute atomic E-state index is 13.5. The Morgan fingerprint density at radius 3 is 2.16 bits per heavy atom. The van der Waals surface area contributed by atoms with E-state index in [-0.39, 0.29) is 43.5 Å². The molecular formula is C22H28N2O6S. The summed E-state index contributed by atoms with van der Waals surface area (Å²) in [5, 5.41) is 0. The van der Waals surface area contributed by atoms with Crippen LogP contribution in [0.1, 0.15) is 32.6 Å². The Bertz CT molecular complexity index is 963. The van der Waals surface area contributed by atoms with Crippen LogP contribution in [0, 0.1) is 11.8 Å². The van der Waals surface area contributed by atoms with E-state index in [0.29, 0.717) is 18.8 Å². The largest absolute Gasteiger partial charge is 0.481 e. The SMILES string of the molecule is CC#CCOc1ccc(S(=O)(=O)C2(C(=O)OC)CCN(C(=O)N3CCCC3)CC2)cc1. The number of amides is 2. The first kappa shape index (κ1) is 22.9. The molecule has 0 atom stereocenters.